The van der Waals surface area contributed by atoms with Gasteiger partial charge in [-0.2, -0.15) is 0 Å². The molecule has 17 nitrogen and oxygen atoms in total. The minimum atomic E-state index is -4.97. The molecule has 19 heteroatoms. The Labute approximate surface area is 624 Å². The maximum atomic E-state index is 13.1. The minimum Gasteiger partial charge on any atom is -0.462 e. The van der Waals surface area contributed by atoms with Gasteiger partial charge in [-0.1, -0.05) is 340 Å². The number of unbranched alkanes of at least 4 members (excludes halogenated alkanes) is 49. The smallest absolute Gasteiger partial charge is 0.462 e. The van der Waals surface area contributed by atoms with Crippen LogP contribution < -0.4 is 0 Å². The first kappa shape index (κ1) is 99.3. The van der Waals surface area contributed by atoms with Crippen molar-refractivity contribution in [2.24, 2.45) is 0 Å². The van der Waals surface area contributed by atoms with Gasteiger partial charge >= 0.3 is 39.5 Å². The third-order valence-corrected chi connectivity index (χ3v) is 20.5. The highest BCUT2D eigenvalue weighted by atomic mass is 31.2. The number of aliphatic hydroxyl groups is 1. The number of carbonyl (C=O) groups excluding carboxylic acids is 4. The van der Waals surface area contributed by atoms with Gasteiger partial charge in [-0.3, -0.25) is 37.3 Å². The molecule has 0 aliphatic heterocycles. The molecule has 5 atom stereocenters. The summed E-state index contributed by atoms with van der Waals surface area (Å²) in [7, 11) is -9.94. The Kier molecular flexibility index (Phi) is 74.4. The standard InChI is InChI=1S/C83H156O17P2/c1-5-9-13-17-21-25-29-33-37-38-42-44-48-52-56-60-64-68-81(86)94-74-79(100-83(88)70-66-62-58-54-50-46-41-36-32-28-24-20-16-12-8-4)76-98-102(91,92)96-72-77(84)71-95-101(89,90)97-75-78(99-82(87)69-65-61-57-53-49-45-40-35-31-27-23-19-15-11-7-3)73-93-80(85)67-63-59-55-51-47-43-39-34-30-26-22-18-14-10-6-2/h22,26,34,36,39,41,77-79,84H,5-21,23-25,27-33,35,37-38,40,42-76H2,1-4H3,(H,89,90)(H,91,92)/b26-22-,39-34-,41-36-/t77-,78-,79-/m1/s1. The predicted molar refractivity (Wildman–Crippen MR) is 418 cm³/mol. The van der Waals surface area contributed by atoms with Gasteiger partial charge in [-0.05, 0) is 83.5 Å². The molecule has 0 amide bonds. The summed E-state index contributed by atoms with van der Waals surface area (Å²) in [6.45, 7) is 4.94. The second kappa shape index (κ2) is 76.5. The van der Waals surface area contributed by atoms with Crippen molar-refractivity contribution < 1.29 is 80.2 Å². The van der Waals surface area contributed by atoms with E-state index in [1.54, 1.807) is 0 Å². The highest BCUT2D eigenvalue weighted by Gasteiger charge is 2.30. The van der Waals surface area contributed by atoms with Crippen LogP contribution in [0.15, 0.2) is 36.5 Å². The number of ether oxygens (including phenoxy) is 4. The van der Waals surface area contributed by atoms with Crippen LogP contribution in [-0.2, 0) is 65.4 Å². The Morgan fingerprint density at radius 2 is 0.480 bits per heavy atom. The van der Waals surface area contributed by atoms with E-state index in [2.05, 4.69) is 64.2 Å². The average molecular weight is 1490 g/mol. The summed E-state index contributed by atoms with van der Waals surface area (Å²) in [5.74, 6) is -2.15. The molecule has 0 heterocycles. The molecule has 0 radical (unpaired) electrons. The predicted octanol–water partition coefficient (Wildman–Crippen LogP) is 24.7. The summed E-state index contributed by atoms with van der Waals surface area (Å²) in [5.41, 5.74) is 0. The van der Waals surface area contributed by atoms with Gasteiger partial charge in [0.25, 0.3) is 0 Å². The van der Waals surface area contributed by atoms with Crippen LogP contribution in [0.4, 0.5) is 0 Å². The molecule has 0 saturated carbocycles. The van der Waals surface area contributed by atoms with Crippen molar-refractivity contribution in [2.75, 3.05) is 39.6 Å². The number of phosphoric acid groups is 2. The monoisotopic (exact) mass is 1490 g/mol. The zero-order valence-corrected chi connectivity index (χ0v) is 67.6. The van der Waals surface area contributed by atoms with Crippen molar-refractivity contribution >= 4 is 39.5 Å². The second-order valence-electron chi connectivity index (χ2n) is 28.8. The van der Waals surface area contributed by atoms with E-state index in [1.165, 1.54) is 205 Å². The molecule has 3 N–H and O–H groups in total. The zero-order chi connectivity index (χ0) is 74.6. The average Bonchev–Trinajstić information content (AvgIpc) is 0.926. The third kappa shape index (κ3) is 75.5. The fraction of sp³-hybridized carbons (Fsp3) is 0.880. The van der Waals surface area contributed by atoms with E-state index in [-0.39, 0.29) is 25.7 Å². The van der Waals surface area contributed by atoms with Crippen LogP contribution >= 0.6 is 15.6 Å². The van der Waals surface area contributed by atoms with E-state index in [1.807, 2.05) is 0 Å². The zero-order valence-electron chi connectivity index (χ0n) is 65.8. The first-order valence-electron chi connectivity index (χ1n) is 42.2. The van der Waals surface area contributed by atoms with Gasteiger partial charge in [0.2, 0.25) is 0 Å². The Morgan fingerprint density at radius 1 is 0.275 bits per heavy atom. The third-order valence-electron chi connectivity index (χ3n) is 18.6. The molecule has 0 saturated heterocycles. The lowest BCUT2D eigenvalue weighted by Gasteiger charge is -2.21. The fourth-order valence-electron chi connectivity index (χ4n) is 12.1. The first-order chi connectivity index (χ1) is 49.7. The summed E-state index contributed by atoms with van der Waals surface area (Å²) in [4.78, 5) is 73.1. The van der Waals surface area contributed by atoms with Gasteiger partial charge in [-0.25, -0.2) is 9.13 Å². The molecule has 0 aromatic heterocycles. The van der Waals surface area contributed by atoms with Crippen molar-refractivity contribution in [2.45, 2.75) is 431 Å². The molecule has 600 valence electrons. The van der Waals surface area contributed by atoms with Gasteiger partial charge in [0.1, 0.15) is 19.3 Å². The Hall–Kier alpha value is -2.72. The number of phosphoric ester groups is 2. The van der Waals surface area contributed by atoms with Crippen molar-refractivity contribution in [3.63, 3.8) is 0 Å². The highest BCUT2D eigenvalue weighted by Crippen LogP contribution is 2.45. The summed E-state index contributed by atoms with van der Waals surface area (Å²) in [6.07, 6.45) is 73.9. The van der Waals surface area contributed by atoms with E-state index in [0.717, 1.165) is 128 Å². The minimum absolute atomic E-state index is 0.0931. The first-order valence-corrected chi connectivity index (χ1v) is 45.2. The van der Waals surface area contributed by atoms with Crippen LogP contribution in [0.25, 0.3) is 0 Å². The molecule has 0 aliphatic rings. The number of carbonyl (C=O) groups is 4. The van der Waals surface area contributed by atoms with Crippen molar-refractivity contribution in [1.29, 1.82) is 0 Å². The van der Waals surface area contributed by atoms with Crippen molar-refractivity contribution in [3.8, 4) is 0 Å². The Balaban J connectivity index is 5.31. The van der Waals surface area contributed by atoms with Crippen LogP contribution in [0, 0.1) is 0 Å². The molecule has 0 aliphatic carbocycles. The lowest BCUT2D eigenvalue weighted by atomic mass is 10.0. The molecule has 0 rings (SSSR count). The van der Waals surface area contributed by atoms with Crippen molar-refractivity contribution in [3.05, 3.63) is 36.5 Å². The number of rotatable bonds is 81. The second-order valence-corrected chi connectivity index (χ2v) is 31.7. The fourth-order valence-corrected chi connectivity index (χ4v) is 13.7. The lowest BCUT2D eigenvalue weighted by Crippen LogP contribution is -2.30. The summed E-state index contributed by atoms with van der Waals surface area (Å²) < 4.78 is 68.8. The summed E-state index contributed by atoms with van der Waals surface area (Å²) in [6, 6.07) is 0. The molecule has 0 bridgehead atoms. The highest BCUT2D eigenvalue weighted by molar-refractivity contribution is 7.47. The quantitative estimate of drug-likeness (QED) is 0.0169. The van der Waals surface area contributed by atoms with Gasteiger partial charge < -0.3 is 33.8 Å². The van der Waals surface area contributed by atoms with E-state index in [0.29, 0.717) is 25.7 Å². The number of allylic oxidation sites excluding steroid dienone is 6. The largest absolute Gasteiger partial charge is 0.472 e. The molecule has 0 spiro atoms. The van der Waals surface area contributed by atoms with Gasteiger partial charge in [0.05, 0.1) is 26.4 Å². The normalized spacial score (nSPS) is 14.0. The Morgan fingerprint density at radius 3 is 0.755 bits per heavy atom. The molecular formula is C83H156O17P2. The van der Waals surface area contributed by atoms with Crippen LogP contribution in [0.5, 0.6) is 0 Å². The number of esters is 4. The number of hydrogen-bond acceptors (Lipinski definition) is 15. The van der Waals surface area contributed by atoms with Crippen LogP contribution in [0.3, 0.4) is 0 Å². The topological polar surface area (TPSA) is 237 Å². The molecule has 0 aromatic carbocycles. The van der Waals surface area contributed by atoms with Gasteiger partial charge in [0.15, 0.2) is 12.2 Å². The SMILES string of the molecule is CCCCC/C=C\C/C=C\CCCCCCCC(=O)OC[C@H](COP(=O)(O)OC[C@@H](O)COP(=O)(O)OC[C@@H](COC(=O)CCCCCCCCCCCCCCCCCCC)OC(=O)CCCCCCC/C=C\CCCCCCCC)OC(=O)CCCCCCCCCCCCCCCCC. The summed E-state index contributed by atoms with van der Waals surface area (Å²) >= 11 is 0. The van der Waals surface area contributed by atoms with Crippen LogP contribution in [-0.4, -0.2) is 96.7 Å². The van der Waals surface area contributed by atoms with Crippen molar-refractivity contribution in [1.82, 2.24) is 0 Å². The van der Waals surface area contributed by atoms with Gasteiger partial charge in [-0.15, -0.1) is 0 Å². The molecular weight excluding hydrogens is 1330 g/mol. The maximum absolute atomic E-state index is 13.1. The number of hydrogen-bond donors (Lipinski definition) is 3. The molecule has 0 aromatic rings. The van der Waals surface area contributed by atoms with E-state index in [9.17, 15) is 43.2 Å². The van der Waals surface area contributed by atoms with Crippen LogP contribution in [0.2, 0.25) is 0 Å². The Bertz CT molecular complexity index is 2070. The summed E-state index contributed by atoms with van der Waals surface area (Å²) in [5, 5.41) is 10.7. The molecule has 2 unspecified atom stereocenters. The molecule has 0 fully saturated rings. The van der Waals surface area contributed by atoms with E-state index in [4.69, 9.17) is 37.0 Å². The van der Waals surface area contributed by atoms with E-state index < -0.39 is 97.5 Å². The number of aliphatic hydroxyl groups excluding tert-OH is 1. The van der Waals surface area contributed by atoms with E-state index >= 15 is 0 Å². The maximum Gasteiger partial charge on any atom is 0.472 e. The van der Waals surface area contributed by atoms with Gasteiger partial charge in [0, 0.05) is 25.7 Å². The van der Waals surface area contributed by atoms with Crippen LogP contribution in [0.1, 0.15) is 413 Å². The lowest BCUT2D eigenvalue weighted by molar-refractivity contribution is -0.161. The molecule has 102 heavy (non-hydrogen) atoms.